The first-order valence-corrected chi connectivity index (χ1v) is 6.46. The molecule has 0 atom stereocenters. The molecule has 3 nitrogen and oxygen atoms in total. The van der Waals surface area contributed by atoms with Crippen molar-refractivity contribution >= 4 is 44.4 Å². The Morgan fingerprint density at radius 3 is 2.72 bits per heavy atom. The van der Waals surface area contributed by atoms with Crippen LogP contribution in [0.15, 0.2) is 16.7 Å². The van der Waals surface area contributed by atoms with Crippen LogP contribution < -0.4 is 0 Å². The number of carbonyl (C=O) groups is 1. The zero-order valence-corrected chi connectivity index (χ0v) is 12.5. The van der Waals surface area contributed by atoms with Crippen LogP contribution in [0.5, 0.6) is 0 Å². The van der Waals surface area contributed by atoms with E-state index in [4.69, 9.17) is 11.6 Å². The number of ether oxygens (including phenoxy) is 1. The van der Waals surface area contributed by atoms with Crippen LogP contribution in [0, 0.1) is 13.8 Å². The molecule has 0 N–H and O–H groups in total. The molecule has 5 heteroatoms. The number of hydrogen-bond acceptors (Lipinski definition) is 3. The van der Waals surface area contributed by atoms with Crippen molar-refractivity contribution in [1.82, 2.24) is 4.98 Å². The van der Waals surface area contributed by atoms with Gasteiger partial charge >= 0.3 is 5.97 Å². The molecule has 0 unspecified atom stereocenters. The number of nitrogens with zero attached hydrogens (tertiary/aromatic N) is 1. The van der Waals surface area contributed by atoms with Gasteiger partial charge in [0.1, 0.15) is 0 Å². The van der Waals surface area contributed by atoms with E-state index in [-0.39, 0.29) is 5.56 Å². The van der Waals surface area contributed by atoms with E-state index in [1.54, 1.807) is 0 Å². The van der Waals surface area contributed by atoms with E-state index in [0.29, 0.717) is 5.02 Å². The topological polar surface area (TPSA) is 39.2 Å². The highest BCUT2D eigenvalue weighted by atomic mass is 79.9. The Morgan fingerprint density at radius 1 is 1.44 bits per heavy atom. The van der Waals surface area contributed by atoms with Gasteiger partial charge in [0, 0.05) is 16.1 Å². The third kappa shape index (κ3) is 1.99. The zero-order chi connectivity index (χ0) is 13.4. The fourth-order valence-corrected chi connectivity index (χ4v) is 2.57. The van der Waals surface area contributed by atoms with Crippen molar-refractivity contribution in [2.24, 2.45) is 0 Å². The minimum Gasteiger partial charge on any atom is -0.465 e. The molecule has 2 rings (SSSR count). The molecule has 1 heterocycles. The van der Waals surface area contributed by atoms with Crippen LogP contribution in [0.3, 0.4) is 0 Å². The zero-order valence-electron chi connectivity index (χ0n) is 10.2. The highest BCUT2D eigenvalue weighted by Gasteiger charge is 2.17. The summed E-state index contributed by atoms with van der Waals surface area (Å²) in [5, 5.41) is 1.15. The summed E-state index contributed by atoms with van der Waals surface area (Å²) >= 11 is 9.79. The molecule has 0 radical (unpaired) electrons. The maximum atomic E-state index is 11.6. The third-order valence-corrected chi connectivity index (χ3v) is 4.47. The van der Waals surface area contributed by atoms with Crippen molar-refractivity contribution in [3.8, 4) is 0 Å². The average molecular weight is 329 g/mol. The van der Waals surface area contributed by atoms with Gasteiger partial charge in [0.25, 0.3) is 0 Å². The molecule has 0 aliphatic carbocycles. The van der Waals surface area contributed by atoms with Gasteiger partial charge in [0.05, 0.1) is 23.2 Å². The molecule has 0 aliphatic rings. The van der Waals surface area contributed by atoms with Crippen molar-refractivity contribution in [2.75, 3.05) is 7.11 Å². The Hall–Kier alpha value is -1.13. The highest BCUT2D eigenvalue weighted by molar-refractivity contribution is 9.10. The molecule has 2 aromatic rings. The fraction of sp³-hybridized carbons (Fsp3) is 0.231. The van der Waals surface area contributed by atoms with Crippen LogP contribution in [0.25, 0.3) is 10.9 Å². The Balaban J connectivity index is 2.86. The number of esters is 1. The minimum atomic E-state index is -0.481. The highest BCUT2D eigenvalue weighted by Crippen LogP contribution is 2.34. The van der Waals surface area contributed by atoms with Gasteiger partial charge in [-0.1, -0.05) is 27.5 Å². The number of aromatic nitrogens is 1. The van der Waals surface area contributed by atoms with E-state index in [1.165, 1.54) is 13.3 Å². The van der Waals surface area contributed by atoms with Crippen LogP contribution in [-0.4, -0.2) is 18.1 Å². The second-order valence-corrected chi connectivity index (χ2v) is 5.17. The van der Waals surface area contributed by atoms with E-state index in [1.807, 2.05) is 19.9 Å². The Labute approximate surface area is 118 Å². The summed E-state index contributed by atoms with van der Waals surface area (Å²) < 4.78 is 5.66. The SMILES string of the molecule is COC(=O)c1cnc2cc(C)c(Br)c(C)c2c1Cl. The van der Waals surface area contributed by atoms with Gasteiger partial charge in [-0.25, -0.2) is 4.79 Å². The number of benzene rings is 1. The number of carbonyl (C=O) groups excluding carboxylic acids is 1. The predicted molar refractivity (Wildman–Crippen MR) is 75.3 cm³/mol. The molecule has 18 heavy (non-hydrogen) atoms. The van der Waals surface area contributed by atoms with Gasteiger partial charge in [0.2, 0.25) is 0 Å². The molecule has 94 valence electrons. The van der Waals surface area contributed by atoms with Crippen molar-refractivity contribution in [1.29, 1.82) is 0 Å². The maximum absolute atomic E-state index is 11.6. The number of pyridine rings is 1. The number of fused-ring (bicyclic) bond motifs is 1. The summed E-state index contributed by atoms with van der Waals surface area (Å²) in [5.74, 6) is -0.481. The van der Waals surface area contributed by atoms with Gasteiger partial charge in [-0.3, -0.25) is 4.98 Å². The average Bonchev–Trinajstić information content (AvgIpc) is 2.35. The summed E-state index contributed by atoms with van der Waals surface area (Å²) in [6, 6.07) is 1.93. The summed E-state index contributed by atoms with van der Waals surface area (Å²) in [4.78, 5) is 15.9. The normalized spacial score (nSPS) is 10.7. The largest absolute Gasteiger partial charge is 0.465 e. The van der Waals surface area contributed by atoms with Gasteiger partial charge in [-0.05, 0) is 31.0 Å². The van der Waals surface area contributed by atoms with Gasteiger partial charge < -0.3 is 4.74 Å². The van der Waals surface area contributed by atoms with Gasteiger partial charge in [0.15, 0.2) is 0 Å². The molecule has 1 aromatic carbocycles. The van der Waals surface area contributed by atoms with Crippen LogP contribution in [-0.2, 0) is 4.74 Å². The summed E-state index contributed by atoms with van der Waals surface area (Å²) in [7, 11) is 1.32. The molecule has 0 saturated heterocycles. The van der Waals surface area contributed by atoms with E-state index in [9.17, 15) is 4.79 Å². The second kappa shape index (κ2) is 4.86. The standard InChI is InChI=1S/C13H11BrClNO2/c1-6-4-9-10(7(2)11(6)14)12(15)8(5-16-9)13(17)18-3/h4-5H,1-3H3. The van der Waals surface area contributed by atoms with Crippen molar-refractivity contribution in [3.05, 3.63) is 38.4 Å². The van der Waals surface area contributed by atoms with Crippen molar-refractivity contribution in [2.45, 2.75) is 13.8 Å². The predicted octanol–water partition coefficient (Wildman–Crippen LogP) is 4.05. The second-order valence-electron chi connectivity index (χ2n) is 4.00. The minimum absolute atomic E-state index is 0.283. The Bertz CT molecular complexity index is 655. The quantitative estimate of drug-likeness (QED) is 0.741. The Kier molecular flexibility index (Phi) is 3.59. The first kappa shape index (κ1) is 13.3. The molecule has 0 bridgehead atoms. The van der Waals surface area contributed by atoms with Gasteiger partial charge in [-0.15, -0.1) is 0 Å². The molecule has 0 spiro atoms. The van der Waals surface area contributed by atoms with Crippen molar-refractivity contribution in [3.63, 3.8) is 0 Å². The number of methoxy groups -OCH3 is 1. The van der Waals surface area contributed by atoms with Crippen molar-refractivity contribution < 1.29 is 9.53 Å². The molecule has 0 amide bonds. The van der Waals surface area contributed by atoms with Crippen LogP contribution in [0.2, 0.25) is 5.02 Å². The summed E-state index contributed by atoms with van der Waals surface area (Å²) in [6.07, 6.45) is 1.45. The lowest BCUT2D eigenvalue weighted by Crippen LogP contribution is -2.04. The number of aryl methyl sites for hydroxylation is 2. The van der Waals surface area contributed by atoms with E-state index < -0.39 is 5.97 Å². The first-order valence-electron chi connectivity index (χ1n) is 5.29. The van der Waals surface area contributed by atoms with E-state index in [2.05, 4.69) is 25.7 Å². The summed E-state index contributed by atoms with van der Waals surface area (Å²) in [6.45, 7) is 3.92. The molecular weight excluding hydrogens is 318 g/mol. The number of halogens is 2. The number of rotatable bonds is 1. The smallest absolute Gasteiger partial charge is 0.340 e. The molecule has 0 aliphatic heterocycles. The van der Waals surface area contributed by atoms with Crippen LogP contribution in [0.1, 0.15) is 21.5 Å². The molecule has 0 fully saturated rings. The van der Waals surface area contributed by atoms with E-state index in [0.717, 1.165) is 26.5 Å². The van der Waals surface area contributed by atoms with Gasteiger partial charge in [-0.2, -0.15) is 0 Å². The van der Waals surface area contributed by atoms with Crippen LogP contribution in [0.4, 0.5) is 0 Å². The number of hydrogen-bond donors (Lipinski definition) is 0. The lowest BCUT2D eigenvalue weighted by molar-refractivity contribution is 0.0600. The van der Waals surface area contributed by atoms with E-state index >= 15 is 0 Å². The first-order chi connectivity index (χ1) is 8.47. The monoisotopic (exact) mass is 327 g/mol. The molecule has 0 saturated carbocycles. The molecular formula is C13H11BrClNO2. The lowest BCUT2D eigenvalue weighted by atomic mass is 10.0. The lowest BCUT2D eigenvalue weighted by Gasteiger charge is -2.11. The Morgan fingerprint density at radius 2 is 2.11 bits per heavy atom. The van der Waals surface area contributed by atoms with Crippen LogP contribution >= 0.6 is 27.5 Å². The molecule has 1 aromatic heterocycles. The fourth-order valence-electron chi connectivity index (χ4n) is 1.89. The summed E-state index contributed by atoms with van der Waals surface area (Å²) in [5.41, 5.74) is 3.10. The maximum Gasteiger partial charge on any atom is 0.340 e. The third-order valence-electron chi connectivity index (χ3n) is 2.85.